The molecule has 1 N–H and O–H groups in total. The van der Waals surface area contributed by atoms with Gasteiger partial charge in [0.2, 0.25) is 5.91 Å². The molecule has 1 saturated heterocycles. The summed E-state index contributed by atoms with van der Waals surface area (Å²) in [6, 6.07) is 5.35. The van der Waals surface area contributed by atoms with E-state index in [1.54, 1.807) is 30.9 Å². The third kappa shape index (κ3) is 2.32. The van der Waals surface area contributed by atoms with Crippen LogP contribution in [0, 0.1) is 6.92 Å². The molecule has 0 bridgehead atoms. The number of carbonyl (C=O) groups is 2. The second-order valence-electron chi connectivity index (χ2n) is 5.21. The molecule has 0 spiro atoms. The summed E-state index contributed by atoms with van der Waals surface area (Å²) in [4.78, 5) is 26.0. The van der Waals surface area contributed by atoms with E-state index in [0.717, 1.165) is 5.56 Å². The van der Waals surface area contributed by atoms with Crippen molar-refractivity contribution in [3.8, 4) is 0 Å². The molecule has 19 heavy (non-hydrogen) atoms. The largest absolute Gasteiger partial charge is 0.352 e. The van der Waals surface area contributed by atoms with Gasteiger partial charge in [0.15, 0.2) is 0 Å². The van der Waals surface area contributed by atoms with Gasteiger partial charge >= 0.3 is 0 Å². The van der Waals surface area contributed by atoms with E-state index < -0.39 is 5.54 Å². The first-order valence-corrected chi connectivity index (χ1v) is 6.59. The number of rotatable bonds is 1. The summed E-state index contributed by atoms with van der Waals surface area (Å²) in [5.74, 6) is -0.343. The van der Waals surface area contributed by atoms with Crippen molar-refractivity contribution in [2.75, 3.05) is 13.1 Å². The summed E-state index contributed by atoms with van der Waals surface area (Å²) in [5.41, 5.74) is 0.443. The third-order valence-corrected chi connectivity index (χ3v) is 4.02. The average molecular weight is 281 g/mol. The molecule has 2 rings (SSSR count). The lowest BCUT2D eigenvalue weighted by molar-refractivity contribution is -0.133. The Hall–Kier alpha value is -1.55. The van der Waals surface area contributed by atoms with E-state index in [1.807, 2.05) is 13.0 Å². The molecule has 0 unspecified atom stereocenters. The zero-order valence-electron chi connectivity index (χ0n) is 11.3. The zero-order valence-corrected chi connectivity index (χ0v) is 12.0. The van der Waals surface area contributed by atoms with Gasteiger partial charge in [-0.15, -0.1) is 0 Å². The number of aryl methyl sites for hydroxylation is 1. The van der Waals surface area contributed by atoms with E-state index in [2.05, 4.69) is 5.32 Å². The number of halogens is 1. The Morgan fingerprint density at radius 3 is 2.79 bits per heavy atom. The first-order chi connectivity index (χ1) is 8.85. The number of piperazine rings is 1. The first-order valence-electron chi connectivity index (χ1n) is 6.21. The Morgan fingerprint density at radius 1 is 1.42 bits per heavy atom. The van der Waals surface area contributed by atoms with Crippen molar-refractivity contribution in [2.45, 2.75) is 26.3 Å². The van der Waals surface area contributed by atoms with Crippen LogP contribution in [0.5, 0.6) is 0 Å². The zero-order chi connectivity index (χ0) is 14.2. The molecule has 0 aliphatic carbocycles. The minimum atomic E-state index is -0.859. The first kappa shape index (κ1) is 13.9. The lowest BCUT2D eigenvalue weighted by atomic mass is 9.97. The fourth-order valence-electron chi connectivity index (χ4n) is 2.21. The molecule has 2 amide bonds. The average Bonchev–Trinajstić information content (AvgIpc) is 2.35. The van der Waals surface area contributed by atoms with Crippen LogP contribution in [0.15, 0.2) is 18.2 Å². The van der Waals surface area contributed by atoms with E-state index in [9.17, 15) is 9.59 Å². The Morgan fingerprint density at radius 2 is 2.11 bits per heavy atom. The van der Waals surface area contributed by atoms with Crippen molar-refractivity contribution in [2.24, 2.45) is 0 Å². The summed E-state index contributed by atoms with van der Waals surface area (Å²) < 4.78 is 0. The number of carbonyl (C=O) groups excluding carboxylic acids is 2. The third-order valence-electron chi connectivity index (χ3n) is 3.52. The molecule has 102 valence electrons. The minimum absolute atomic E-state index is 0.143. The van der Waals surface area contributed by atoms with Gasteiger partial charge < -0.3 is 10.2 Å². The van der Waals surface area contributed by atoms with Gasteiger partial charge in [0.25, 0.3) is 5.91 Å². The number of nitrogens with one attached hydrogen (secondary N) is 1. The Bertz CT molecular complexity index is 540. The molecule has 0 atom stereocenters. The Balaban J connectivity index is 2.38. The highest BCUT2D eigenvalue weighted by atomic mass is 35.5. The quantitative estimate of drug-likeness (QED) is 0.855. The number of nitrogens with zero attached hydrogens (tertiary/aromatic N) is 1. The van der Waals surface area contributed by atoms with Gasteiger partial charge in [0.05, 0.1) is 10.6 Å². The molecule has 1 fully saturated rings. The van der Waals surface area contributed by atoms with Crippen LogP contribution in [0.25, 0.3) is 0 Å². The highest BCUT2D eigenvalue weighted by Gasteiger charge is 2.41. The lowest BCUT2D eigenvalue weighted by Gasteiger charge is -2.41. The lowest BCUT2D eigenvalue weighted by Crippen LogP contribution is -2.63. The molecular weight excluding hydrogens is 264 g/mol. The van der Waals surface area contributed by atoms with Crippen LogP contribution in [-0.4, -0.2) is 35.3 Å². The van der Waals surface area contributed by atoms with Crippen molar-refractivity contribution < 1.29 is 9.59 Å². The summed E-state index contributed by atoms with van der Waals surface area (Å²) in [7, 11) is 0. The number of amides is 2. The molecule has 1 aromatic rings. The van der Waals surface area contributed by atoms with E-state index >= 15 is 0 Å². The summed E-state index contributed by atoms with van der Waals surface area (Å²) in [6.45, 7) is 6.29. The second-order valence-corrected chi connectivity index (χ2v) is 5.59. The van der Waals surface area contributed by atoms with Crippen LogP contribution >= 0.6 is 11.6 Å². The van der Waals surface area contributed by atoms with Crippen LogP contribution in [-0.2, 0) is 4.79 Å². The maximum atomic E-state index is 12.6. The van der Waals surface area contributed by atoms with E-state index in [0.29, 0.717) is 23.7 Å². The molecule has 5 heteroatoms. The van der Waals surface area contributed by atoms with Crippen molar-refractivity contribution in [3.63, 3.8) is 0 Å². The van der Waals surface area contributed by atoms with Crippen molar-refractivity contribution in [3.05, 3.63) is 34.3 Å². The fourth-order valence-corrected chi connectivity index (χ4v) is 2.42. The normalized spacial score (nSPS) is 18.1. The molecule has 4 nitrogen and oxygen atoms in total. The van der Waals surface area contributed by atoms with Crippen LogP contribution in [0.2, 0.25) is 5.02 Å². The Labute approximate surface area is 117 Å². The van der Waals surface area contributed by atoms with Gasteiger partial charge in [-0.3, -0.25) is 9.59 Å². The molecule has 1 aromatic carbocycles. The molecule has 1 aliphatic heterocycles. The maximum absolute atomic E-state index is 12.6. The number of hydrogen-bond donors (Lipinski definition) is 1. The molecular formula is C14H17ClN2O2. The maximum Gasteiger partial charge on any atom is 0.256 e. The van der Waals surface area contributed by atoms with Gasteiger partial charge in [0, 0.05) is 13.1 Å². The van der Waals surface area contributed by atoms with Gasteiger partial charge in [0.1, 0.15) is 5.54 Å². The Kier molecular flexibility index (Phi) is 3.54. The molecule has 0 radical (unpaired) electrons. The second kappa shape index (κ2) is 4.85. The van der Waals surface area contributed by atoms with E-state index in [4.69, 9.17) is 11.6 Å². The predicted molar refractivity (Wildman–Crippen MR) is 74.3 cm³/mol. The van der Waals surface area contributed by atoms with Crippen LogP contribution < -0.4 is 5.32 Å². The SMILES string of the molecule is Cc1cccc(C(=O)N2CCNC(=O)C2(C)C)c1Cl. The van der Waals surface area contributed by atoms with Crippen molar-refractivity contribution >= 4 is 23.4 Å². The highest BCUT2D eigenvalue weighted by molar-refractivity contribution is 6.34. The molecule has 1 heterocycles. The van der Waals surface area contributed by atoms with Gasteiger partial charge in [-0.2, -0.15) is 0 Å². The summed E-state index contributed by atoms with van der Waals surface area (Å²) in [6.07, 6.45) is 0. The van der Waals surface area contributed by atoms with E-state index in [-0.39, 0.29) is 11.8 Å². The van der Waals surface area contributed by atoms with Crippen LogP contribution in [0.1, 0.15) is 29.8 Å². The summed E-state index contributed by atoms with van der Waals surface area (Å²) >= 11 is 6.19. The summed E-state index contributed by atoms with van der Waals surface area (Å²) in [5, 5.41) is 3.22. The van der Waals surface area contributed by atoms with Crippen molar-refractivity contribution in [1.82, 2.24) is 10.2 Å². The predicted octanol–water partition coefficient (Wildman–Crippen LogP) is 2.00. The minimum Gasteiger partial charge on any atom is -0.352 e. The van der Waals surface area contributed by atoms with Gasteiger partial charge in [-0.05, 0) is 32.4 Å². The fraction of sp³-hybridized carbons (Fsp3) is 0.429. The van der Waals surface area contributed by atoms with Crippen molar-refractivity contribution in [1.29, 1.82) is 0 Å². The highest BCUT2D eigenvalue weighted by Crippen LogP contribution is 2.26. The number of benzene rings is 1. The topological polar surface area (TPSA) is 49.4 Å². The van der Waals surface area contributed by atoms with E-state index in [1.165, 1.54) is 0 Å². The van der Waals surface area contributed by atoms with Crippen LogP contribution in [0.3, 0.4) is 0 Å². The van der Waals surface area contributed by atoms with Gasteiger partial charge in [-0.25, -0.2) is 0 Å². The molecule has 0 aromatic heterocycles. The smallest absolute Gasteiger partial charge is 0.256 e. The van der Waals surface area contributed by atoms with Crippen LogP contribution in [0.4, 0.5) is 0 Å². The number of hydrogen-bond acceptors (Lipinski definition) is 2. The standard InChI is InChI=1S/C14H17ClN2O2/c1-9-5-4-6-10(11(9)15)12(18)17-8-7-16-13(19)14(17,2)3/h4-6H,7-8H2,1-3H3,(H,16,19). The molecule has 1 aliphatic rings. The van der Waals surface area contributed by atoms with Gasteiger partial charge in [-0.1, -0.05) is 23.7 Å². The molecule has 0 saturated carbocycles. The monoisotopic (exact) mass is 280 g/mol.